The Morgan fingerprint density at radius 3 is 2.81 bits per heavy atom. The summed E-state index contributed by atoms with van der Waals surface area (Å²) >= 11 is 0. The molecule has 0 spiro atoms. The van der Waals surface area contributed by atoms with Crippen molar-refractivity contribution in [2.75, 3.05) is 0 Å². The highest BCUT2D eigenvalue weighted by atomic mass is 16.4. The van der Waals surface area contributed by atoms with Crippen LogP contribution in [-0.4, -0.2) is 10.9 Å². The van der Waals surface area contributed by atoms with E-state index in [1.807, 2.05) is 6.92 Å². The quantitative estimate of drug-likeness (QED) is 0.379. The lowest BCUT2D eigenvalue weighted by molar-refractivity contribution is 0.466. The molecule has 5 nitrogen and oxygen atoms in total. The van der Waals surface area contributed by atoms with Crippen LogP contribution in [0.3, 0.4) is 0 Å². The molecule has 0 aliphatic heterocycles. The van der Waals surface area contributed by atoms with Crippen molar-refractivity contribution < 1.29 is 9.52 Å². The number of amidine groups is 1. The van der Waals surface area contributed by atoms with Gasteiger partial charge in [-0.15, -0.1) is 0 Å². The predicted molar refractivity (Wildman–Crippen MR) is 59.9 cm³/mol. The second kappa shape index (κ2) is 3.37. The summed E-state index contributed by atoms with van der Waals surface area (Å²) in [6, 6.07) is 5.02. The van der Waals surface area contributed by atoms with E-state index in [4.69, 9.17) is 15.6 Å². The van der Waals surface area contributed by atoms with E-state index in [0.29, 0.717) is 5.39 Å². The van der Waals surface area contributed by atoms with E-state index in [1.165, 1.54) is 0 Å². The van der Waals surface area contributed by atoms with Gasteiger partial charge in [0.15, 0.2) is 0 Å². The normalized spacial score (nSPS) is 10.6. The van der Waals surface area contributed by atoms with E-state index in [2.05, 4.69) is 0 Å². The van der Waals surface area contributed by atoms with Gasteiger partial charge in [0.25, 0.3) is 0 Å². The molecule has 0 saturated carbocycles. The molecule has 0 radical (unpaired) electrons. The van der Waals surface area contributed by atoms with E-state index in [1.54, 1.807) is 18.2 Å². The molecule has 1 aromatic carbocycles. The van der Waals surface area contributed by atoms with Crippen molar-refractivity contribution in [2.24, 2.45) is 5.73 Å². The molecular weight excluding hydrogens is 208 g/mol. The maximum atomic E-state index is 11.4. The number of aromatic hydroxyl groups is 1. The highest BCUT2D eigenvalue weighted by Gasteiger charge is 2.15. The summed E-state index contributed by atoms with van der Waals surface area (Å²) in [5, 5.41) is 17.4. The van der Waals surface area contributed by atoms with E-state index in [-0.39, 0.29) is 16.9 Å². The van der Waals surface area contributed by atoms with Crippen LogP contribution in [0.4, 0.5) is 0 Å². The molecule has 0 aliphatic carbocycles. The second-order valence-electron chi connectivity index (χ2n) is 3.53. The molecule has 1 aromatic heterocycles. The molecule has 16 heavy (non-hydrogen) atoms. The number of hydrogen-bond donors (Lipinski definition) is 3. The third-order valence-corrected chi connectivity index (χ3v) is 2.30. The Labute approximate surface area is 90.6 Å². The molecule has 0 bridgehead atoms. The van der Waals surface area contributed by atoms with Gasteiger partial charge >= 0.3 is 5.63 Å². The zero-order chi connectivity index (χ0) is 11.9. The molecule has 0 saturated heterocycles. The fraction of sp³-hybridized carbons (Fsp3) is 0.0909. The first kappa shape index (κ1) is 10.2. The van der Waals surface area contributed by atoms with Crippen molar-refractivity contribution in [3.8, 4) is 5.75 Å². The molecule has 2 aromatic rings. The molecule has 0 amide bonds. The van der Waals surface area contributed by atoms with Crippen molar-refractivity contribution in [1.82, 2.24) is 0 Å². The van der Waals surface area contributed by atoms with Gasteiger partial charge in [0.1, 0.15) is 22.7 Å². The molecule has 0 atom stereocenters. The highest BCUT2D eigenvalue weighted by Crippen LogP contribution is 2.26. The number of benzene rings is 1. The molecular formula is C11H10N2O3. The van der Waals surface area contributed by atoms with Crippen molar-refractivity contribution in [1.29, 1.82) is 5.41 Å². The van der Waals surface area contributed by atoms with Crippen LogP contribution in [0.5, 0.6) is 5.75 Å². The maximum absolute atomic E-state index is 11.4. The van der Waals surface area contributed by atoms with Crippen LogP contribution in [0.25, 0.3) is 11.0 Å². The number of rotatable bonds is 1. The third kappa shape index (κ3) is 1.42. The van der Waals surface area contributed by atoms with Gasteiger partial charge < -0.3 is 15.3 Å². The summed E-state index contributed by atoms with van der Waals surface area (Å²) < 4.78 is 4.95. The van der Waals surface area contributed by atoms with Gasteiger partial charge in [0, 0.05) is 0 Å². The first-order chi connectivity index (χ1) is 7.50. The van der Waals surface area contributed by atoms with E-state index in [0.717, 1.165) is 5.56 Å². The maximum Gasteiger partial charge on any atom is 0.351 e. The smallest absolute Gasteiger partial charge is 0.351 e. The van der Waals surface area contributed by atoms with Gasteiger partial charge in [-0.25, -0.2) is 4.79 Å². The minimum atomic E-state index is -0.804. The third-order valence-electron chi connectivity index (χ3n) is 2.30. The Morgan fingerprint density at radius 2 is 2.19 bits per heavy atom. The number of aryl methyl sites for hydroxylation is 1. The monoisotopic (exact) mass is 218 g/mol. The molecule has 5 heteroatoms. The SMILES string of the molecule is Cc1ccc2oc(=O)c(C(=N)N)c(O)c2c1. The van der Waals surface area contributed by atoms with Crippen LogP contribution in [0.1, 0.15) is 11.1 Å². The Bertz CT molecular complexity index is 643. The number of fused-ring (bicyclic) bond motifs is 1. The molecule has 0 fully saturated rings. The number of nitrogens with one attached hydrogen (secondary N) is 1. The van der Waals surface area contributed by atoms with Gasteiger partial charge in [0.05, 0.1) is 5.39 Å². The van der Waals surface area contributed by atoms with E-state index >= 15 is 0 Å². The van der Waals surface area contributed by atoms with Crippen molar-refractivity contribution in [2.45, 2.75) is 6.92 Å². The van der Waals surface area contributed by atoms with Crippen LogP contribution in [0, 0.1) is 12.3 Å². The lowest BCUT2D eigenvalue weighted by Crippen LogP contribution is -2.21. The lowest BCUT2D eigenvalue weighted by atomic mass is 10.1. The molecule has 2 rings (SSSR count). The number of nitrogens with two attached hydrogens (primary N) is 1. The van der Waals surface area contributed by atoms with Gasteiger partial charge in [-0.2, -0.15) is 0 Å². The standard InChI is InChI=1S/C11H10N2O3/c1-5-2-3-7-6(4-5)9(14)8(10(12)13)11(15)16-7/h2-4,14H,1H3,(H3,12,13). The van der Waals surface area contributed by atoms with Crippen molar-refractivity contribution >= 4 is 16.8 Å². The second-order valence-corrected chi connectivity index (χ2v) is 3.53. The van der Waals surface area contributed by atoms with E-state index < -0.39 is 11.5 Å². The van der Waals surface area contributed by atoms with Crippen LogP contribution in [0.15, 0.2) is 27.4 Å². The largest absolute Gasteiger partial charge is 0.506 e. The zero-order valence-electron chi connectivity index (χ0n) is 8.57. The fourth-order valence-corrected chi connectivity index (χ4v) is 1.54. The van der Waals surface area contributed by atoms with E-state index in [9.17, 15) is 9.90 Å². The average Bonchev–Trinajstić information content (AvgIpc) is 2.19. The first-order valence-corrected chi connectivity index (χ1v) is 4.61. The fourth-order valence-electron chi connectivity index (χ4n) is 1.54. The summed E-state index contributed by atoms with van der Waals surface area (Å²) in [6.45, 7) is 1.84. The van der Waals surface area contributed by atoms with Crippen LogP contribution >= 0.6 is 0 Å². The molecule has 4 N–H and O–H groups in total. The van der Waals surface area contributed by atoms with Crippen LogP contribution in [0.2, 0.25) is 0 Å². The predicted octanol–water partition coefficient (Wildman–Crippen LogP) is 1.09. The van der Waals surface area contributed by atoms with Crippen molar-refractivity contribution in [3.63, 3.8) is 0 Å². The summed E-state index contributed by atoms with van der Waals surface area (Å²) in [5.74, 6) is -0.808. The van der Waals surface area contributed by atoms with Crippen molar-refractivity contribution in [3.05, 3.63) is 39.7 Å². The molecule has 0 unspecified atom stereocenters. The Kier molecular flexibility index (Phi) is 2.16. The lowest BCUT2D eigenvalue weighted by Gasteiger charge is -2.05. The molecule has 0 aliphatic rings. The minimum absolute atomic E-state index is 0.276. The number of nitrogen functional groups attached to an aromatic ring is 1. The zero-order valence-corrected chi connectivity index (χ0v) is 8.57. The Morgan fingerprint density at radius 1 is 1.50 bits per heavy atom. The van der Waals surface area contributed by atoms with Gasteiger partial charge in [0.2, 0.25) is 0 Å². The summed E-state index contributed by atoms with van der Waals surface area (Å²) in [4.78, 5) is 11.4. The summed E-state index contributed by atoms with van der Waals surface area (Å²) in [5.41, 5.74) is 5.29. The highest BCUT2D eigenvalue weighted by molar-refractivity contribution is 6.01. The Hall–Kier alpha value is -2.30. The molecule has 1 heterocycles. The minimum Gasteiger partial charge on any atom is -0.506 e. The van der Waals surface area contributed by atoms with Crippen LogP contribution in [-0.2, 0) is 0 Å². The summed E-state index contributed by atoms with van der Waals surface area (Å²) in [6.07, 6.45) is 0. The average molecular weight is 218 g/mol. The first-order valence-electron chi connectivity index (χ1n) is 4.61. The van der Waals surface area contributed by atoms with Gasteiger partial charge in [-0.3, -0.25) is 5.41 Å². The Balaban J connectivity index is 2.96. The molecule has 82 valence electrons. The summed E-state index contributed by atoms with van der Waals surface area (Å²) in [7, 11) is 0. The van der Waals surface area contributed by atoms with Gasteiger partial charge in [-0.05, 0) is 19.1 Å². The topological polar surface area (TPSA) is 100 Å². The van der Waals surface area contributed by atoms with Gasteiger partial charge in [-0.1, -0.05) is 11.6 Å². The van der Waals surface area contributed by atoms with Crippen LogP contribution < -0.4 is 11.4 Å². The number of hydrogen-bond acceptors (Lipinski definition) is 4.